The Morgan fingerprint density at radius 3 is 2.21 bits per heavy atom. The van der Waals surface area contributed by atoms with Crippen molar-refractivity contribution >= 4 is 13.2 Å². The third-order valence-electron chi connectivity index (χ3n) is 3.53. The Hall–Kier alpha value is -0.625. The second-order valence-corrected chi connectivity index (χ2v) is 8.04. The van der Waals surface area contributed by atoms with E-state index in [1.165, 1.54) is 0 Å². The fourth-order valence-electron chi connectivity index (χ4n) is 2.47. The van der Waals surface area contributed by atoms with Gasteiger partial charge in [0.25, 0.3) is 0 Å². The van der Waals surface area contributed by atoms with Crippen LogP contribution in [0, 0.1) is 0 Å². The number of hydrogen-bond acceptors (Lipinski definition) is 5. The van der Waals surface area contributed by atoms with E-state index in [-0.39, 0.29) is 48.0 Å². The number of rotatable bonds is 7. The maximum absolute atomic E-state index is 11.5. The Bertz CT molecular complexity index is 405. The van der Waals surface area contributed by atoms with Crippen molar-refractivity contribution in [3.8, 4) is 0 Å². The largest absolute Gasteiger partial charge is 0.376 e. The van der Waals surface area contributed by atoms with Gasteiger partial charge in [0, 0.05) is 7.05 Å². The van der Waals surface area contributed by atoms with Crippen LogP contribution in [0.1, 0.15) is 41.5 Å². The van der Waals surface area contributed by atoms with Crippen LogP contribution in [0.25, 0.3) is 0 Å². The maximum Gasteiger partial charge on any atom is 0.245 e. The lowest BCUT2D eigenvalue weighted by atomic mass is 9.72. The van der Waals surface area contributed by atoms with Gasteiger partial charge in [-0.1, -0.05) is 6.82 Å². The molecule has 0 saturated carbocycles. The van der Waals surface area contributed by atoms with Crippen molar-refractivity contribution in [2.45, 2.75) is 83.9 Å². The maximum atomic E-state index is 11.5. The van der Waals surface area contributed by atoms with Gasteiger partial charge in [0.05, 0.1) is 23.8 Å². The zero-order chi connectivity index (χ0) is 18.5. The molecule has 4 atom stereocenters. The molecule has 0 bridgehead atoms. The summed E-state index contributed by atoms with van der Waals surface area (Å²) in [6, 6.07) is -0.240. The molecule has 1 aliphatic rings. The van der Waals surface area contributed by atoms with E-state index in [0.717, 1.165) is 0 Å². The Morgan fingerprint density at radius 2 is 1.75 bits per heavy atom. The predicted octanol–water partition coefficient (Wildman–Crippen LogP) is 1.59. The molecule has 4 unspecified atom stereocenters. The molecule has 1 saturated heterocycles. The van der Waals surface area contributed by atoms with E-state index in [1.54, 1.807) is 7.05 Å². The number of carbonyl (C=O) groups excluding carboxylic acids is 1. The van der Waals surface area contributed by atoms with Crippen LogP contribution in [0.2, 0.25) is 6.82 Å². The number of ether oxygens (including phenoxy) is 4. The van der Waals surface area contributed by atoms with Crippen LogP contribution < -0.4 is 5.32 Å². The Morgan fingerprint density at radius 1 is 1.12 bits per heavy atom. The molecule has 0 aromatic carbocycles. The molecule has 0 aromatic heterocycles. The van der Waals surface area contributed by atoms with Crippen LogP contribution >= 0.6 is 0 Å². The van der Waals surface area contributed by atoms with E-state index in [2.05, 4.69) is 5.32 Å². The van der Waals surface area contributed by atoms with Crippen molar-refractivity contribution < 1.29 is 23.7 Å². The summed E-state index contributed by atoms with van der Waals surface area (Å²) in [5, 5.41) is 2.56. The van der Waals surface area contributed by atoms with Crippen molar-refractivity contribution in [1.82, 2.24) is 5.32 Å². The van der Waals surface area contributed by atoms with Gasteiger partial charge >= 0.3 is 0 Å². The summed E-state index contributed by atoms with van der Waals surface area (Å²) in [6.45, 7) is 14.3. The summed E-state index contributed by atoms with van der Waals surface area (Å²) in [6.07, 6.45) is -0.905. The summed E-state index contributed by atoms with van der Waals surface area (Å²) >= 11 is 0. The first-order chi connectivity index (χ1) is 11.0. The smallest absolute Gasteiger partial charge is 0.245 e. The van der Waals surface area contributed by atoms with Gasteiger partial charge in [-0.15, -0.1) is 0 Å². The molecule has 24 heavy (non-hydrogen) atoms. The Labute approximate surface area is 147 Å². The van der Waals surface area contributed by atoms with Gasteiger partial charge in [-0.3, -0.25) is 4.79 Å². The van der Waals surface area contributed by atoms with Crippen LogP contribution in [0.15, 0.2) is 0 Å². The molecular weight excluding hydrogens is 309 g/mol. The number of amides is 1. The van der Waals surface area contributed by atoms with Crippen molar-refractivity contribution in [2.24, 2.45) is 0 Å². The third kappa shape index (κ3) is 7.09. The minimum Gasteiger partial charge on any atom is -0.376 e. The average Bonchev–Trinajstić information content (AvgIpc) is 2.77. The van der Waals surface area contributed by atoms with Crippen LogP contribution in [0.3, 0.4) is 0 Å². The molecule has 0 aliphatic carbocycles. The van der Waals surface area contributed by atoms with Crippen molar-refractivity contribution in [1.29, 1.82) is 0 Å². The lowest BCUT2D eigenvalue weighted by Crippen LogP contribution is -2.45. The monoisotopic (exact) mass is 342 g/mol. The van der Waals surface area contributed by atoms with Crippen LogP contribution in [-0.2, 0) is 23.7 Å². The third-order valence-corrected chi connectivity index (χ3v) is 3.53. The molecular formula is C17H33BNO5. The van der Waals surface area contributed by atoms with Gasteiger partial charge in [0.15, 0.2) is 0 Å². The SMILES string of the molecule is C[B]C1OC(COC(C)(C)C)C(OC(C)(C)C)C1OCC(=O)NC. The second kappa shape index (κ2) is 8.65. The molecule has 139 valence electrons. The fraction of sp³-hybridized carbons (Fsp3) is 0.941. The van der Waals surface area contributed by atoms with Gasteiger partial charge in [-0.05, 0) is 41.5 Å². The standard InChI is InChI=1S/C17H33BNO5/c1-16(2,3)22-9-11-13(24-17(4,5)6)14(15(18-7)23-11)21-10-12(20)19-8/h11,13-15H,9-10H2,1-8H3,(H,19,20). The molecule has 1 N–H and O–H groups in total. The minimum atomic E-state index is -0.356. The van der Waals surface area contributed by atoms with Crippen molar-refractivity contribution in [3.05, 3.63) is 0 Å². The highest BCUT2D eigenvalue weighted by molar-refractivity contribution is 6.35. The summed E-state index contributed by atoms with van der Waals surface area (Å²) in [4.78, 5) is 11.5. The molecule has 0 aromatic rings. The zero-order valence-corrected chi connectivity index (χ0v) is 16.3. The van der Waals surface area contributed by atoms with E-state index in [0.29, 0.717) is 6.61 Å². The van der Waals surface area contributed by atoms with Crippen molar-refractivity contribution in [2.75, 3.05) is 20.3 Å². The average molecular weight is 342 g/mol. The Kier molecular flexibility index (Phi) is 7.72. The van der Waals surface area contributed by atoms with E-state index >= 15 is 0 Å². The van der Waals surface area contributed by atoms with E-state index in [4.69, 9.17) is 18.9 Å². The quantitative estimate of drug-likeness (QED) is 0.712. The molecule has 0 spiro atoms. The van der Waals surface area contributed by atoms with Crippen molar-refractivity contribution in [3.63, 3.8) is 0 Å². The van der Waals surface area contributed by atoms with Gasteiger partial charge in [-0.25, -0.2) is 0 Å². The summed E-state index contributed by atoms with van der Waals surface area (Å²) in [5.74, 6) is -0.172. The normalized spacial score (nSPS) is 28.0. The summed E-state index contributed by atoms with van der Waals surface area (Å²) in [5.41, 5.74) is -0.618. The molecule has 6 nitrogen and oxygen atoms in total. The van der Waals surface area contributed by atoms with Gasteiger partial charge in [0.2, 0.25) is 5.91 Å². The summed E-state index contributed by atoms with van der Waals surface area (Å²) in [7, 11) is 3.52. The topological polar surface area (TPSA) is 66.0 Å². The summed E-state index contributed by atoms with van der Waals surface area (Å²) < 4.78 is 24.0. The molecule has 1 heterocycles. The number of likely N-dealkylation sites (N-methyl/N-ethyl adjacent to an activating group) is 1. The molecule has 1 fully saturated rings. The Balaban J connectivity index is 2.87. The molecule has 1 aliphatic heterocycles. The fourth-order valence-corrected chi connectivity index (χ4v) is 2.47. The van der Waals surface area contributed by atoms with E-state index < -0.39 is 0 Å². The first kappa shape index (κ1) is 21.4. The van der Waals surface area contributed by atoms with Gasteiger partial charge in [0.1, 0.15) is 32.2 Å². The molecule has 1 rings (SSSR count). The molecule has 7 heteroatoms. The minimum absolute atomic E-state index is 0.0221. The number of hydrogen-bond donors (Lipinski definition) is 1. The molecule has 1 radical (unpaired) electrons. The lowest BCUT2D eigenvalue weighted by Gasteiger charge is -2.32. The van der Waals surface area contributed by atoms with Crippen LogP contribution in [0.4, 0.5) is 0 Å². The van der Waals surface area contributed by atoms with E-state index in [1.807, 2.05) is 55.6 Å². The first-order valence-electron chi connectivity index (χ1n) is 8.56. The second-order valence-electron chi connectivity index (χ2n) is 8.04. The lowest BCUT2D eigenvalue weighted by molar-refractivity contribution is -0.149. The highest BCUT2D eigenvalue weighted by Crippen LogP contribution is 2.30. The zero-order valence-electron chi connectivity index (χ0n) is 16.3. The van der Waals surface area contributed by atoms with E-state index in [9.17, 15) is 4.79 Å². The van der Waals surface area contributed by atoms with Crippen LogP contribution in [0.5, 0.6) is 0 Å². The highest BCUT2D eigenvalue weighted by atomic mass is 16.6. The predicted molar refractivity (Wildman–Crippen MR) is 94.4 cm³/mol. The number of carbonyl (C=O) groups is 1. The molecule has 1 amide bonds. The number of nitrogens with one attached hydrogen (secondary N) is 1. The first-order valence-corrected chi connectivity index (χ1v) is 8.56. The van der Waals surface area contributed by atoms with Gasteiger partial charge in [-0.2, -0.15) is 0 Å². The van der Waals surface area contributed by atoms with Crippen LogP contribution in [-0.4, -0.2) is 69.0 Å². The highest BCUT2D eigenvalue weighted by Gasteiger charge is 2.47. The van der Waals surface area contributed by atoms with Gasteiger partial charge < -0.3 is 24.3 Å².